The lowest BCUT2D eigenvalue weighted by Crippen LogP contribution is -2.45. The van der Waals surface area contributed by atoms with Gasteiger partial charge in [-0.1, -0.05) is 19.1 Å². The maximum atomic E-state index is 9.42. The van der Waals surface area contributed by atoms with Crippen molar-refractivity contribution in [2.75, 3.05) is 20.3 Å². The van der Waals surface area contributed by atoms with E-state index < -0.39 is 0 Å². The number of hydrogen-bond acceptors (Lipinski definition) is 4. The lowest BCUT2D eigenvalue weighted by molar-refractivity contribution is 0.251. The molecule has 1 aromatic heterocycles. The molecule has 25 heavy (non-hydrogen) atoms. The minimum Gasteiger partial charge on any atom is -0.497 e. The van der Waals surface area contributed by atoms with Crippen LogP contribution < -0.4 is 15.4 Å². The van der Waals surface area contributed by atoms with Crippen LogP contribution in [0.15, 0.2) is 52.1 Å². The van der Waals surface area contributed by atoms with Crippen molar-refractivity contribution in [2.24, 2.45) is 4.99 Å². The molecule has 0 saturated carbocycles. The molecule has 0 spiro atoms. The Morgan fingerprint density at radius 1 is 1.28 bits per heavy atom. The summed E-state index contributed by atoms with van der Waals surface area (Å²) in [5.41, 5.74) is 1.09. The largest absolute Gasteiger partial charge is 0.497 e. The van der Waals surface area contributed by atoms with E-state index in [0.29, 0.717) is 19.0 Å². The summed E-state index contributed by atoms with van der Waals surface area (Å²) in [4.78, 5) is 4.62. The molecule has 0 aliphatic carbocycles. The van der Waals surface area contributed by atoms with Gasteiger partial charge in [0.1, 0.15) is 11.5 Å². The highest BCUT2D eigenvalue weighted by Gasteiger charge is 2.08. The lowest BCUT2D eigenvalue weighted by atomic mass is 10.2. The number of methoxy groups -OCH3 is 1. The van der Waals surface area contributed by atoms with Crippen LogP contribution in [0.2, 0.25) is 0 Å². The molecule has 136 valence electrons. The zero-order valence-electron chi connectivity index (χ0n) is 14.9. The number of hydrogen-bond donors (Lipinski definition) is 3. The molecule has 6 nitrogen and oxygen atoms in total. The number of aliphatic hydroxyl groups is 1. The van der Waals surface area contributed by atoms with Crippen LogP contribution in [0.25, 0.3) is 0 Å². The smallest absolute Gasteiger partial charge is 0.191 e. The van der Waals surface area contributed by atoms with E-state index in [-0.39, 0.29) is 12.6 Å². The summed E-state index contributed by atoms with van der Waals surface area (Å²) < 4.78 is 10.5. The van der Waals surface area contributed by atoms with Crippen LogP contribution in [0.3, 0.4) is 0 Å². The highest BCUT2D eigenvalue weighted by atomic mass is 16.5. The second-order valence-electron chi connectivity index (χ2n) is 5.70. The Morgan fingerprint density at radius 3 is 2.68 bits per heavy atom. The molecule has 1 heterocycles. The first-order valence-corrected chi connectivity index (χ1v) is 8.56. The molecule has 2 rings (SSSR count). The van der Waals surface area contributed by atoms with Gasteiger partial charge in [0.15, 0.2) is 5.96 Å². The molecule has 0 aliphatic rings. The SMILES string of the molecule is CC[C@H](CO)NC(=NCc1ccc(OC)cc1)NCCc1ccco1. The first-order chi connectivity index (χ1) is 12.2. The molecule has 0 amide bonds. The number of nitrogens with one attached hydrogen (secondary N) is 2. The number of furan rings is 1. The van der Waals surface area contributed by atoms with Crippen LogP contribution in [-0.4, -0.2) is 37.4 Å². The quantitative estimate of drug-likeness (QED) is 0.480. The molecular weight excluding hydrogens is 318 g/mol. The Labute approximate surface area is 148 Å². The number of aliphatic hydroxyl groups excluding tert-OH is 1. The van der Waals surface area contributed by atoms with Gasteiger partial charge in [-0.05, 0) is 36.2 Å². The second-order valence-corrected chi connectivity index (χ2v) is 5.70. The summed E-state index contributed by atoms with van der Waals surface area (Å²) in [6.07, 6.45) is 3.26. The van der Waals surface area contributed by atoms with Crippen molar-refractivity contribution in [1.82, 2.24) is 10.6 Å². The highest BCUT2D eigenvalue weighted by molar-refractivity contribution is 5.80. The monoisotopic (exact) mass is 345 g/mol. The summed E-state index contributed by atoms with van der Waals surface area (Å²) in [6, 6.07) is 11.6. The van der Waals surface area contributed by atoms with E-state index in [1.807, 2.05) is 43.3 Å². The van der Waals surface area contributed by atoms with E-state index >= 15 is 0 Å². The number of rotatable bonds is 9. The van der Waals surface area contributed by atoms with Crippen LogP contribution >= 0.6 is 0 Å². The number of guanidine groups is 1. The molecule has 1 aromatic carbocycles. The van der Waals surface area contributed by atoms with Gasteiger partial charge in [0.25, 0.3) is 0 Å². The van der Waals surface area contributed by atoms with E-state index in [2.05, 4.69) is 15.6 Å². The van der Waals surface area contributed by atoms with Crippen molar-refractivity contribution in [3.63, 3.8) is 0 Å². The first kappa shape index (κ1) is 18.9. The molecule has 0 saturated heterocycles. The van der Waals surface area contributed by atoms with E-state index in [0.717, 1.165) is 29.9 Å². The van der Waals surface area contributed by atoms with E-state index in [1.54, 1.807) is 13.4 Å². The van der Waals surface area contributed by atoms with Gasteiger partial charge in [0.2, 0.25) is 0 Å². The molecule has 2 aromatic rings. The second kappa shape index (κ2) is 10.4. The van der Waals surface area contributed by atoms with Gasteiger partial charge in [-0.25, -0.2) is 4.99 Å². The predicted molar refractivity (Wildman–Crippen MR) is 98.8 cm³/mol. The van der Waals surface area contributed by atoms with Crippen molar-refractivity contribution in [3.05, 3.63) is 54.0 Å². The summed E-state index contributed by atoms with van der Waals surface area (Å²) in [7, 11) is 1.65. The topological polar surface area (TPSA) is 79.0 Å². The Kier molecular flexibility index (Phi) is 7.85. The van der Waals surface area contributed by atoms with E-state index in [1.165, 1.54) is 0 Å². The van der Waals surface area contributed by atoms with Crippen molar-refractivity contribution in [2.45, 2.75) is 32.4 Å². The Morgan fingerprint density at radius 2 is 2.08 bits per heavy atom. The van der Waals surface area contributed by atoms with Crippen molar-refractivity contribution in [3.8, 4) is 5.75 Å². The predicted octanol–water partition coefficient (Wildman–Crippen LogP) is 2.34. The van der Waals surface area contributed by atoms with Gasteiger partial charge in [-0.2, -0.15) is 0 Å². The van der Waals surface area contributed by atoms with E-state index in [4.69, 9.17) is 9.15 Å². The fraction of sp³-hybridized carbons (Fsp3) is 0.421. The average Bonchev–Trinajstić information content (AvgIpc) is 3.17. The third kappa shape index (κ3) is 6.51. The van der Waals surface area contributed by atoms with Crippen LogP contribution in [0.5, 0.6) is 5.75 Å². The van der Waals surface area contributed by atoms with Crippen molar-refractivity contribution < 1.29 is 14.3 Å². The maximum Gasteiger partial charge on any atom is 0.191 e. The minimum absolute atomic E-state index is 0.0225. The maximum absolute atomic E-state index is 9.42. The van der Waals surface area contributed by atoms with Gasteiger partial charge in [-0.15, -0.1) is 0 Å². The fourth-order valence-electron chi connectivity index (χ4n) is 2.28. The Hall–Kier alpha value is -2.47. The molecule has 0 unspecified atom stereocenters. The molecule has 6 heteroatoms. The molecule has 1 atom stereocenters. The van der Waals surface area contributed by atoms with Crippen molar-refractivity contribution in [1.29, 1.82) is 0 Å². The molecule has 0 radical (unpaired) electrons. The van der Waals surface area contributed by atoms with E-state index in [9.17, 15) is 5.11 Å². The Balaban J connectivity index is 1.95. The number of benzene rings is 1. The molecule has 0 bridgehead atoms. The van der Waals surface area contributed by atoms with Gasteiger partial charge in [0, 0.05) is 13.0 Å². The van der Waals surface area contributed by atoms with Crippen LogP contribution in [0, 0.1) is 0 Å². The normalized spacial score (nSPS) is 12.7. The van der Waals surface area contributed by atoms with Gasteiger partial charge in [0.05, 0.1) is 32.6 Å². The fourth-order valence-corrected chi connectivity index (χ4v) is 2.28. The number of nitrogens with zero attached hydrogens (tertiary/aromatic N) is 1. The summed E-state index contributed by atoms with van der Waals surface area (Å²) in [5.74, 6) is 2.44. The minimum atomic E-state index is -0.0225. The van der Waals surface area contributed by atoms with Gasteiger partial charge in [-0.3, -0.25) is 0 Å². The van der Waals surface area contributed by atoms with Crippen LogP contribution in [0.1, 0.15) is 24.7 Å². The molecule has 0 fully saturated rings. The third-order valence-electron chi connectivity index (χ3n) is 3.88. The summed E-state index contributed by atoms with van der Waals surface area (Å²) >= 11 is 0. The van der Waals surface area contributed by atoms with Gasteiger partial charge < -0.3 is 24.9 Å². The molecular formula is C19H27N3O3. The number of ether oxygens (including phenoxy) is 1. The summed E-state index contributed by atoms with van der Waals surface area (Å²) in [5, 5.41) is 16.0. The average molecular weight is 345 g/mol. The van der Waals surface area contributed by atoms with Crippen LogP contribution in [0.4, 0.5) is 0 Å². The molecule has 3 N–H and O–H groups in total. The highest BCUT2D eigenvalue weighted by Crippen LogP contribution is 2.11. The standard InChI is InChI=1S/C19H27N3O3/c1-3-16(14-23)22-19(20-11-10-18-5-4-12-25-18)21-13-15-6-8-17(24-2)9-7-15/h4-9,12,16,23H,3,10-11,13-14H2,1-2H3,(H2,20,21,22)/t16-/m1/s1. The molecule has 0 aliphatic heterocycles. The zero-order valence-corrected chi connectivity index (χ0v) is 14.9. The first-order valence-electron chi connectivity index (χ1n) is 8.56. The lowest BCUT2D eigenvalue weighted by Gasteiger charge is -2.18. The van der Waals surface area contributed by atoms with Crippen LogP contribution in [-0.2, 0) is 13.0 Å². The summed E-state index contributed by atoms with van der Waals surface area (Å²) in [6.45, 7) is 3.33. The van der Waals surface area contributed by atoms with Gasteiger partial charge >= 0.3 is 0 Å². The van der Waals surface area contributed by atoms with Crippen molar-refractivity contribution >= 4 is 5.96 Å². The third-order valence-corrected chi connectivity index (χ3v) is 3.88. The Bertz CT molecular complexity index is 620. The number of aliphatic imine (C=N–C) groups is 1. The zero-order chi connectivity index (χ0) is 17.9.